The number of amides is 3. The second-order valence-electron chi connectivity index (χ2n) is 12.3. The molecule has 3 aliphatic heterocycles. The maximum absolute atomic E-state index is 14.3. The number of anilines is 1. The summed E-state index contributed by atoms with van der Waals surface area (Å²) in [4.78, 5) is 53.7. The zero-order chi connectivity index (χ0) is 33.4. The van der Waals surface area contributed by atoms with E-state index in [4.69, 9.17) is 30.5 Å². The van der Waals surface area contributed by atoms with Gasteiger partial charge in [0.15, 0.2) is 5.72 Å². The Morgan fingerprint density at radius 1 is 1.30 bits per heavy atom. The minimum absolute atomic E-state index is 0. The summed E-state index contributed by atoms with van der Waals surface area (Å²) in [6, 6.07) is 2.68. The van der Waals surface area contributed by atoms with Crippen molar-refractivity contribution in [1.29, 1.82) is 0 Å². The largest absolute Gasteiger partial charge is 0.520 e. The van der Waals surface area contributed by atoms with Crippen LogP contribution in [-0.4, -0.2) is 97.4 Å². The zero-order valence-corrected chi connectivity index (χ0v) is 30.9. The van der Waals surface area contributed by atoms with E-state index in [1.54, 1.807) is 38.5 Å². The molecular formula is C32H41ClN3O9Y-. The average Bonchev–Trinajstić information content (AvgIpc) is 3.68. The Kier molecular flexibility index (Phi) is 12.3. The van der Waals surface area contributed by atoms with Crippen LogP contribution < -0.4 is 10.2 Å². The van der Waals surface area contributed by atoms with Crippen molar-refractivity contribution in [3.8, 4) is 0 Å². The molecule has 0 aromatic heterocycles. The second-order valence-corrected chi connectivity index (χ2v) is 12.7. The predicted molar refractivity (Wildman–Crippen MR) is 165 cm³/mol. The van der Waals surface area contributed by atoms with Gasteiger partial charge in [-0.15, -0.1) is 0 Å². The number of esters is 1. The standard InChI is InChI=1S/C32H41ClN3O9.Y/c1-17-10-9-11-24(42-8)32(41)15-23(43-30(40)34-32)19(3)26-31(5,45-26)27(44-29(39)20(4)35(6)16-37)28(38)36(7)22-14-21(12-17)13-18(2)25(22)33;/h9-11,13-14,19-20,23-24,26-27,41H,12,15H2,1-8H3,(H,34,40);/q-1;/b11-9+,17-10+;. The second kappa shape index (κ2) is 14.8. The van der Waals surface area contributed by atoms with E-state index in [1.165, 1.54) is 33.0 Å². The van der Waals surface area contributed by atoms with Crippen molar-refractivity contribution >= 4 is 41.7 Å². The number of nitrogens with zero attached hydrogens (tertiary/aromatic N) is 2. The summed E-state index contributed by atoms with van der Waals surface area (Å²) in [7, 11) is 4.34. The normalized spacial score (nSPS) is 33.7. The predicted octanol–water partition coefficient (Wildman–Crippen LogP) is 2.96. The molecule has 3 aliphatic rings. The van der Waals surface area contributed by atoms with Crippen LogP contribution in [0.5, 0.6) is 0 Å². The minimum atomic E-state index is -1.81. The van der Waals surface area contributed by atoms with Crippen LogP contribution in [0.15, 0.2) is 35.9 Å². The number of halogens is 1. The minimum Gasteiger partial charge on any atom is -0.520 e. The van der Waals surface area contributed by atoms with Crippen molar-refractivity contribution in [3.05, 3.63) is 52.1 Å². The zero-order valence-electron chi connectivity index (χ0n) is 27.3. The third-order valence-electron chi connectivity index (χ3n) is 8.95. The van der Waals surface area contributed by atoms with Gasteiger partial charge in [0.05, 0.1) is 22.9 Å². The van der Waals surface area contributed by atoms with Crippen molar-refractivity contribution in [2.75, 3.05) is 26.1 Å². The van der Waals surface area contributed by atoms with Gasteiger partial charge < -0.3 is 38.6 Å². The number of likely N-dealkylation sites (N-methyl/N-ethyl adjacent to an activating group) is 2. The number of hydrogen-bond acceptors (Lipinski definition) is 9. The summed E-state index contributed by atoms with van der Waals surface area (Å²) in [6.45, 7) is 8.61. The van der Waals surface area contributed by atoms with Crippen molar-refractivity contribution in [2.24, 2.45) is 5.92 Å². The monoisotopic (exact) mass is 735 g/mol. The molecule has 1 radical (unpaired) electrons. The first-order valence-corrected chi connectivity index (χ1v) is 15.1. The molecule has 2 saturated heterocycles. The Hall–Kier alpha value is -2.35. The summed E-state index contributed by atoms with van der Waals surface area (Å²) in [5.41, 5.74) is -0.176. The number of allylic oxidation sites excluding steroid dienone is 3. The van der Waals surface area contributed by atoms with Crippen molar-refractivity contribution in [2.45, 2.75) is 89.2 Å². The number of aryl methyl sites for hydroxylation is 1. The van der Waals surface area contributed by atoms with Gasteiger partial charge in [-0.3, -0.25) is 10.1 Å². The number of fused-ring (bicyclic) bond motifs is 5. The van der Waals surface area contributed by atoms with Gasteiger partial charge in [0, 0.05) is 59.2 Å². The van der Waals surface area contributed by atoms with Gasteiger partial charge in [-0.25, -0.2) is 9.59 Å². The van der Waals surface area contributed by atoms with Crippen LogP contribution in [0.1, 0.15) is 45.2 Å². The quantitative estimate of drug-likeness (QED) is 0.202. The Morgan fingerprint density at radius 2 is 1.98 bits per heavy atom. The summed E-state index contributed by atoms with van der Waals surface area (Å²) in [5.74, 6) is -2.02. The fourth-order valence-electron chi connectivity index (χ4n) is 5.96. The Labute approximate surface area is 299 Å². The van der Waals surface area contributed by atoms with E-state index in [9.17, 15) is 24.3 Å². The maximum Gasteiger partial charge on any atom is 0.409 e. The summed E-state index contributed by atoms with van der Waals surface area (Å²) < 4.78 is 23.1. The number of epoxide rings is 1. The summed E-state index contributed by atoms with van der Waals surface area (Å²) in [6.07, 6.45) is 2.54. The van der Waals surface area contributed by atoms with Crippen LogP contribution in [0.4, 0.5) is 10.5 Å². The summed E-state index contributed by atoms with van der Waals surface area (Å²) >= 11 is 6.72. The molecule has 0 aliphatic carbocycles. The number of nitrogens with one attached hydrogen (secondary N) is 1. The molecule has 8 unspecified atom stereocenters. The third kappa shape index (κ3) is 7.68. The van der Waals surface area contributed by atoms with Crippen molar-refractivity contribution in [3.63, 3.8) is 0 Å². The number of aliphatic hydroxyl groups is 1. The molecule has 2 N–H and O–H groups in total. The molecule has 1 aromatic carbocycles. The molecule has 4 rings (SSSR count). The number of ether oxygens (including phenoxy) is 4. The number of alkyl carbamates (subject to hydrolysis) is 1. The van der Waals surface area contributed by atoms with E-state index in [-0.39, 0.29) is 39.1 Å². The third-order valence-corrected chi connectivity index (χ3v) is 9.44. The number of carbonyl (C=O) groups is 3. The first-order chi connectivity index (χ1) is 21.1. The fraction of sp³-hybridized carbons (Fsp3) is 0.562. The maximum atomic E-state index is 14.3. The van der Waals surface area contributed by atoms with Crippen LogP contribution in [0.3, 0.4) is 0 Å². The number of benzene rings is 1. The van der Waals surface area contributed by atoms with Gasteiger partial charge in [-0.2, -0.15) is 6.41 Å². The number of hydrogen-bond donors (Lipinski definition) is 2. The van der Waals surface area contributed by atoms with Crippen LogP contribution in [0.2, 0.25) is 5.02 Å². The molecule has 8 atom stereocenters. The Balaban J connectivity index is 0.00000576. The molecule has 249 valence electrons. The molecule has 46 heavy (non-hydrogen) atoms. The molecule has 3 heterocycles. The molecule has 2 fully saturated rings. The van der Waals surface area contributed by atoms with Crippen molar-refractivity contribution < 1.29 is 75.9 Å². The number of methoxy groups -OCH3 is 1. The van der Waals surface area contributed by atoms with Gasteiger partial charge in [0.25, 0.3) is 5.91 Å². The van der Waals surface area contributed by atoms with E-state index in [2.05, 4.69) is 5.32 Å². The molecule has 14 heteroatoms. The molecule has 3 amide bonds. The van der Waals surface area contributed by atoms with Crippen LogP contribution in [-0.2, 0) is 72.5 Å². The van der Waals surface area contributed by atoms with Crippen LogP contribution >= 0.6 is 11.6 Å². The van der Waals surface area contributed by atoms with E-state index >= 15 is 0 Å². The Bertz CT molecular complexity index is 1420. The molecule has 0 saturated carbocycles. The van der Waals surface area contributed by atoms with Gasteiger partial charge in [-0.05, 0) is 58.4 Å². The van der Waals surface area contributed by atoms with Gasteiger partial charge >= 0.3 is 12.1 Å². The molecule has 1 aromatic rings. The fourth-order valence-corrected chi connectivity index (χ4v) is 6.20. The van der Waals surface area contributed by atoms with Crippen LogP contribution in [0, 0.1) is 12.8 Å². The topological polar surface area (TPSA) is 147 Å². The molecule has 0 spiro atoms. The van der Waals surface area contributed by atoms with Gasteiger partial charge in [0.1, 0.15) is 17.8 Å². The molecular weight excluding hydrogens is 695 g/mol. The first-order valence-electron chi connectivity index (χ1n) is 14.7. The smallest absolute Gasteiger partial charge is 0.409 e. The van der Waals surface area contributed by atoms with E-state index in [0.29, 0.717) is 17.1 Å². The van der Waals surface area contributed by atoms with E-state index < -0.39 is 65.7 Å². The molecule has 4 bridgehead atoms. The average molecular weight is 736 g/mol. The number of carbonyl (C=O) groups excluding carboxylic acids is 4. The first kappa shape index (κ1) is 38.1. The Morgan fingerprint density at radius 3 is 2.61 bits per heavy atom. The van der Waals surface area contributed by atoms with E-state index in [0.717, 1.165) is 21.6 Å². The van der Waals surface area contributed by atoms with Gasteiger partial charge in [0.2, 0.25) is 6.10 Å². The SMILES string of the molecule is COC1/C=C/C=C(\C)Cc2cc(C)c(Cl)c(c2)N(C)C(=O)C(OC(=O)C(C)N(C)[C-]=O)C2(C)OC2C(C)C2CC1(O)NC(=O)O2.[Y]. The summed E-state index contributed by atoms with van der Waals surface area (Å²) in [5, 5.41) is 14.4. The van der Waals surface area contributed by atoms with Crippen molar-refractivity contribution in [1.82, 2.24) is 10.2 Å². The van der Waals surface area contributed by atoms with E-state index in [1.807, 2.05) is 26.0 Å². The number of rotatable bonds is 5. The van der Waals surface area contributed by atoms with Crippen LogP contribution in [0.25, 0.3) is 0 Å². The molecule has 12 nitrogen and oxygen atoms in total. The van der Waals surface area contributed by atoms with Gasteiger partial charge in [-0.1, -0.05) is 48.4 Å².